The summed E-state index contributed by atoms with van der Waals surface area (Å²) in [6, 6.07) is 6.39. The van der Waals surface area contributed by atoms with Crippen LogP contribution >= 0.6 is 0 Å². The molecule has 8 heteroatoms. The molecule has 28 heavy (non-hydrogen) atoms. The van der Waals surface area contributed by atoms with Crippen LogP contribution in [0.3, 0.4) is 0 Å². The molecule has 2 atom stereocenters. The zero-order valence-electron chi connectivity index (χ0n) is 16.1. The monoisotopic (exact) mass is 380 g/mol. The second-order valence-corrected chi connectivity index (χ2v) is 7.84. The van der Waals surface area contributed by atoms with Crippen LogP contribution in [-0.2, 0) is 11.8 Å². The normalized spacial score (nSPS) is 21.9. The van der Waals surface area contributed by atoms with Gasteiger partial charge in [-0.15, -0.1) is 0 Å². The number of nitrogens with one attached hydrogen (secondary N) is 2. The first kappa shape index (κ1) is 17.2. The number of aryl methyl sites for hydroxylation is 1. The van der Waals surface area contributed by atoms with E-state index in [0.29, 0.717) is 11.9 Å². The predicted molar refractivity (Wildman–Crippen MR) is 105 cm³/mol. The highest BCUT2D eigenvalue weighted by Gasteiger charge is 2.30. The molecule has 2 aliphatic rings. The van der Waals surface area contributed by atoms with Gasteiger partial charge in [0.1, 0.15) is 11.8 Å². The number of pyridine rings is 1. The van der Waals surface area contributed by atoms with E-state index in [1.54, 1.807) is 10.7 Å². The molecule has 1 aliphatic heterocycles. The van der Waals surface area contributed by atoms with Crippen molar-refractivity contribution in [3.8, 4) is 17.0 Å². The van der Waals surface area contributed by atoms with Crippen molar-refractivity contribution in [2.24, 2.45) is 13.0 Å². The van der Waals surface area contributed by atoms with E-state index in [4.69, 9.17) is 4.74 Å². The van der Waals surface area contributed by atoms with Gasteiger partial charge in [0.15, 0.2) is 11.6 Å². The van der Waals surface area contributed by atoms with Crippen LogP contribution in [0, 0.1) is 5.92 Å². The third-order valence-electron chi connectivity index (χ3n) is 5.45. The number of carbonyl (C=O) groups excluding carboxylic acids is 1. The zero-order valence-corrected chi connectivity index (χ0v) is 16.1. The van der Waals surface area contributed by atoms with Gasteiger partial charge in [-0.05, 0) is 31.9 Å². The number of anilines is 1. The minimum absolute atomic E-state index is 0.0605. The van der Waals surface area contributed by atoms with E-state index in [1.807, 2.05) is 36.1 Å². The number of aromatic nitrogens is 4. The fourth-order valence-electron chi connectivity index (χ4n) is 3.77. The van der Waals surface area contributed by atoms with E-state index in [1.165, 1.54) is 0 Å². The Labute approximate surface area is 162 Å². The first-order valence-electron chi connectivity index (χ1n) is 9.79. The van der Waals surface area contributed by atoms with Gasteiger partial charge in [0.25, 0.3) is 0 Å². The van der Waals surface area contributed by atoms with E-state index in [9.17, 15) is 4.79 Å². The zero-order chi connectivity index (χ0) is 19.3. The summed E-state index contributed by atoms with van der Waals surface area (Å²) in [5.41, 5.74) is 2.85. The maximum Gasteiger partial charge on any atom is 0.228 e. The molecular weight excluding hydrogens is 356 g/mol. The number of fused-ring (bicyclic) bond motifs is 1. The van der Waals surface area contributed by atoms with Gasteiger partial charge in [0, 0.05) is 49.8 Å². The second-order valence-electron chi connectivity index (χ2n) is 7.84. The summed E-state index contributed by atoms with van der Waals surface area (Å²) in [5.74, 6) is 1.59. The molecule has 3 aromatic rings. The molecule has 0 spiro atoms. The Kier molecular flexibility index (Phi) is 4.08. The van der Waals surface area contributed by atoms with Gasteiger partial charge in [0.2, 0.25) is 5.91 Å². The summed E-state index contributed by atoms with van der Waals surface area (Å²) in [6.07, 6.45) is 6.76. The molecule has 5 rings (SSSR count). The number of amides is 1. The molecular formula is C20H24N6O2. The highest BCUT2D eigenvalue weighted by atomic mass is 16.5. The van der Waals surface area contributed by atoms with Gasteiger partial charge < -0.3 is 15.4 Å². The summed E-state index contributed by atoms with van der Waals surface area (Å²) in [5, 5.41) is 15.2. The molecule has 1 saturated heterocycles. The topological polar surface area (TPSA) is 85.5 Å². The minimum Gasteiger partial charge on any atom is -0.485 e. The van der Waals surface area contributed by atoms with Crippen LogP contribution in [0.2, 0.25) is 0 Å². The van der Waals surface area contributed by atoms with Crippen LogP contribution < -0.4 is 15.4 Å². The first-order valence-corrected chi connectivity index (χ1v) is 9.79. The Morgan fingerprint density at radius 2 is 2.21 bits per heavy atom. The SMILES string of the molecule is C[C@@H]1C[C@H](Oc2cnn(C)c2-c2ccn3nc(NC(=O)C4CC4)cc3c2)CN1. The second kappa shape index (κ2) is 6.63. The molecule has 1 saturated carbocycles. The van der Waals surface area contributed by atoms with Gasteiger partial charge in [-0.1, -0.05) is 0 Å². The minimum atomic E-state index is 0.0605. The fourth-order valence-corrected chi connectivity index (χ4v) is 3.77. The Morgan fingerprint density at radius 3 is 2.96 bits per heavy atom. The maximum atomic E-state index is 12.0. The quantitative estimate of drug-likeness (QED) is 0.709. The number of hydrogen-bond acceptors (Lipinski definition) is 5. The molecule has 8 nitrogen and oxygen atoms in total. The van der Waals surface area contributed by atoms with Gasteiger partial charge in [-0.2, -0.15) is 10.2 Å². The lowest BCUT2D eigenvalue weighted by Crippen LogP contribution is -2.20. The van der Waals surface area contributed by atoms with Crippen molar-refractivity contribution in [1.29, 1.82) is 0 Å². The van der Waals surface area contributed by atoms with Crippen LogP contribution in [0.1, 0.15) is 26.2 Å². The highest BCUT2D eigenvalue weighted by Crippen LogP contribution is 2.33. The molecule has 1 aliphatic carbocycles. The van der Waals surface area contributed by atoms with E-state index in [-0.39, 0.29) is 17.9 Å². The summed E-state index contributed by atoms with van der Waals surface area (Å²) >= 11 is 0. The Balaban J connectivity index is 1.42. The van der Waals surface area contributed by atoms with Gasteiger partial charge >= 0.3 is 0 Å². The van der Waals surface area contributed by atoms with Gasteiger partial charge in [0.05, 0.1) is 11.7 Å². The summed E-state index contributed by atoms with van der Waals surface area (Å²) < 4.78 is 9.83. The molecule has 1 amide bonds. The maximum absolute atomic E-state index is 12.0. The number of ether oxygens (including phenoxy) is 1. The third kappa shape index (κ3) is 3.24. The lowest BCUT2D eigenvalue weighted by molar-refractivity contribution is -0.117. The molecule has 0 unspecified atom stereocenters. The van der Waals surface area contributed by atoms with Crippen LogP contribution in [0.25, 0.3) is 16.8 Å². The number of nitrogens with zero attached hydrogens (tertiary/aromatic N) is 4. The molecule has 146 valence electrons. The van der Waals surface area contributed by atoms with Crippen molar-refractivity contribution in [2.45, 2.75) is 38.3 Å². The highest BCUT2D eigenvalue weighted by molar-refractivity contribution is 5.93. The van der Waals surface area contributed by atoms with E-state index in [0.717, 1.165) is 48.3 Å². The van der Waals surface area contributed by atoms with Crippen molar-refractivity contribution in [2.75, 3.05) is 11.9 Å². The molecule has 0 bridgehead atoms. The van der Waals surface area contributed by atoms with Crippen molar-refractivity contribution in [1.82, 2.24) is 24.7 Å². The van der Waals surface area contributed by atoms with Crippen molar-refractivity contribution >= 4 is 17.2 Å². The molecule has 2 N–H and O–H groups in total. The Morgan fingerprint density at radius 1 is 1.36 bits per heavy atom. The van der Waals surface area contributed by atoms with E-state index in [2.05, 4.69) is 27.8 Å². The first-order chi connectivity index (χ1) is 13.6. The molecule has 0 aromatic carbocycles. The number of carbonyl (C=O) groups is 1. The molecule has 2 fully saturated rings. The molecule has 4 heterocycles. The van der Waals surface area contributed by atoms with Crippen molar-refractivity contribution < 1.29 is 9.53 Å². The fraction of sp³-hybridized carbons (Fsp3) is 0.450. The predicted octanol–water partition coefficient (Wildman–Crippen LogP) is 2.21. The summed E-state index contributed by atoms with van der Waals surface area (Å²) in [4.78, 5) is 12.0. The average Bonchev–Trinajstić information content (AvgIpc) is 3.19. The van der Waals surface area contributed by atoms with E-state index < -0.39 is 0 Å². The van der Waals surface area contributed by atoms with Crippen LogP contribution in [0.4, 0.5) is 5.82 Å². The van der Waals surface area contributed by atoms with Crippen molar-refractivity contribution in [3.63, 3.8) is 0 Å². The average molecular weight is 380 g/mol. The number of rotatable bonds is 5. The summed E-state index contributed by atoms with van der Waals surface area (Å²) in [7, 11) is 1.92. The Hall–Kier alpha value is -2.87. The van der Waals surface area contributed by atoms with Crippen LogP contribution in [0.15, 0.2) is 30.6 Å². The van der Waals surface area contributed by atoms with Crippen LogP contribution in [0.5, 0.6) is 5.75 Å². The third-order valence-corrected chi connectivity index (χ3v) is 5.45. The number of hydrogen-bond donors (Lipinski definition) is 2. The largest absolute Gasteiger partial charge is 0.485 e. The summed E-state index contributed by atoms with van der Waals surface area (Å²) in [6.45, 7) is 3.02. The van der Waals surface area contributed by atoms with Crippen molar-refractivity contribution in [3.05, 3.63) is 30.6 Å². The van der Waals surface area contributed by atoms with Gasteiger partial charge in [-0.3, -0.25) is 9.48 Å². The lowest BCUT2D eigenvalue weighted by atomic mass is 10.1. The van der Waals surface area contributed by atoms with E-state index >= 15 is 0 Å². The smallest absolute Gasteiger partial charge is 0.228 e. The standard InChI is InChI=1S/C20H24N6O2/c1-12-7-16(10-21-12)28-17-11-22-25(2)19(17)14-5-6-26-15(8-14)9-18(24-26)23-20(27)13-3-4-13/h5-6,8-9,11-13,16,21H,3-4,7,10H2,1-2H3,(H,23,24,27)/t12-,16+/m1/s1. The van der Waals surface area contributed by atoms with Crippen LogP contribution in [-0.4, -0.2) is 44.0 Å². The Bertz CT molecular complexity index is 1030. The molecule has 0 radical (unpaired) electrons. The molecule has 3 aromatic heterocycles. The van der Waals surface area contributed by atoms with Gasteiger partial charge in [-0.25, -0.2) is 4.52 Å². The lowest BCUT2D eigenvalue weighted by Gasteiger charge is -2.13.